The molecule has 0 bridgehead atoms. The van der Waals surface area contributed by atoms with Crippen LogP contribution in [-0.2, 0) is 4.79 Å². The lowest BCUT2D eigenvalue weighted by molar-refractivity contribution is -0.121. The molecule has 7 nitrogen and oxygen atoms in total. The number of anilines is 2. The number of aromatic nitrogens is 1. The van der Waals surface area contributed by atoms with Crippen LogP contribution in [-0.4, -0.2) is 49.0 Å². The van der Waals surface area contributed by atoms with E-state index in [-0.39, 0.29) is 12.5 Å². The van der Waals surface area contributed by atoms with Gasteiger partial charge in [0.1, 0.15) is 17.6 Å². The number of carbonyl (C=O) groups excluding carboxylic acids is 1. The predicted molar refractivity (Wildman–Crippen MR) is 118 cm³/mol. The number of rotatable bonds is 8. The van der Waals surface area contributed by atoms with E-state index >= 15 is 0 Å². The van der Waals surface area contributed by atoms with Crippen LogP contribution in [0.2, 0.25) is 0 Å². The third-order valence-electron chi connectivity index (χ3n) is 4.90. The van der Waals surface area contributed by atoms with E-state index in [2.05, 4.69) is 63.3 Å². The summed E-state index contributed by atoms with van der Waals surface area (Å²) in [5.41, 5.74) is 3.28. The van der Waals surface area contributed by atoms with E-state index in [9.17, 15) is 4.79 Å². The van der Waals surface area contributed by atoms with Crippen LogP contribution in [0.15, 0.2) is 30.5 Å². The molecule has 1 aromatic carbocycles. The number of benzene rings is 1. The lowest BCUT2D eigenvalue weighted by atomic mass is 10.0. The first-order valence-corrected chi connectivity index (χ1v) is 10.8. The summed E-state index contributed by atoms with van der Waals surface area (Å²) in [4.78, 5) is 14.9. The fourth-order valence-electron chi connectivity index (χ4n) is 3.44. The van der Waals surface area contributed by atoms with Crippen molar-refractivity contribution in [2.45, 2.75) is 26.3 Å². The molecule has 0 unspecified atom stereocenters. The van der Waals surface area contributed by atoms with E-state index in [1.807, 2.05) is 12.3 Å². The topological polar surface area (TPSA) is 93.1 Å². The third kappa shape index (κ3) is 5.68. The van der Waals surface area contributed by atoms with Gasteiger partial charge < -0.3 is 20.9 Å². The van der Waals surface area contributed by atoms with E-state index < -0.39 is 6.04 Å². The highest BCUT2D eigenvalue weighted by atomic mass is 32.1. The van der Waals surface area contributed by atoms with E-state index in [0.717, 1.165) is 42.3 Å². The van der Waals surface area contributed by atoms with Crippen molar-refractivity contribution >= 4 is 28.1 Å². The normalized spacial score (nSPS) is 15.0. The number of nitriles is 1. The van der Waals surface area contributed by atoms with Gasteiger partial charge in [-0.3, -0.25) is 4.79 Å². The molecule has 1 atom stereocenters. The van der Waals surface area contributed by atoms with Crippen LogP contribution in [0.1, 0.15) is 20.3 Å². The molecule has 1 aromatic heterocycles. The van der Waals surface area contributed by atoms with Gasteiger partial charge in [0.25, 0.3) is 0 Å². The molecule has 3 N–H and O–H groups in total. The Morgan fingerprint density at radius 3 is 2.69 bits per heavy atom. The summed E-state index contributed by atoms with van der Waals surface area (Å²) < 4.78 is 4.34. The first kappa shape index (κ1) is 21.1. The SMILES string of the molecule is CC(C)C[C@H](Nc1sncc1-c1ccc(N2CCNCC2)cc1)C(=O)NCC#N. The summed E-state index contributed by atoms with van der Waals surface area (Å²) in [6.45, 7) is 8.22. The smallest absolute Gasteiger partial charge is 0.243 e. The Hall–Kier alpha value is -2.63. The Balaban J connectivity index is 1.75. The maximum absolute atomic E-state index is 12.5. The van der Waals surface area contributed by atoms with Gasteiger partial charge in [-0.1, -0.05) is 26.0 Å². The van der Waals surface area contributed by atoms with Crippen molar-refractivity contribution in [2.75, 3.05) is 42.9 Å². The van der Waals surface area contributed by atoms with E-state index in [1.165, 1.54) is 17.2 Å². The van der Waals surface area contributed by atoms with Crippen LogP contribution in [0.5, 0.6) is 0 Å². The van der Waals surface area contributed by atoms with Gasteiger partial charge >= 0.3 is 0 Å². The molecule has 0 spiro atoms. The van der Waals surface area contributed by atoms with Crippen LogP contribution >= 0.6 is 11.5 Å². The van der Waals surface area contributed by atoms with E-state index in [4.69, 9.17) is 5.26 Å². The van der Waals surface area contributed by atoms with Crippen LogP contribution in [0.4, 0.5) is 10.7 Å². The number of nitrogens with zero attached hydrogens (tertiary/aromatic N) is 3. The predicted octanol–water partition coefficient (Wildman–Crippen LogP) is 2.69. The second-order valence-electron chi connectivity index (χ2n) is 7.55. The average molecular weight is 413 g/mol. The van der Waals surface area contributed by atoms with Gasteiger partial charge in [-0.2, -0.15) is 9.64 Å². The Labute approximate surface area is 176 Å². The Morgan fingerprint density at radius 2 is 2.03 bits per heavy atom. The Kier molecular flexibility index (Phi) is 7.44. The van der Waals surface area contributed by atoms with Crippen molar-refractivity contribution in [3.8, 4) is 17.2 Å². The monoisotopic (exact) mass is 412 g/mol. The Morgan fingerprint density at radius 1 is 1.31 bits per heavy atom. The van der Waals surface area contributed by atoms with Gasteiger partial charge in [-0.25, -0.2) is 0 Å². The summed E-state index contributed by atoms with van der Waals surface area (Å²) in [6.07, 6.45) is 2.52. The lowest BCUT2D eigenvalue weighted by Crippen LogP contribution is -2.43. The zero-order valence-electron chi connectivity index (χ0n) is 16.9. The molecule has 0 aliphatic carbocycles. The maximum atomic E-state index is 12.5. The molecular formula is C21H28N6OS. The van der Waals surface area contributed by atoms with Crippen molar-refractivity contribution in [2.24, 2.45) is 5.92 Å². The number of nitrogens with one attached hydrogen (secondary N) is 3. The van der Waals surface area contributed by atoms with Gasteiger partial charge in [-0.15, -0.1) is 0 Å². The summed E-state index contributed by atoms with van der Waals surface area (Å²) in [7, 11) is 0. The van der Waals surface area contributed by atoms with Crippen molar-refractivity contribution in [1.82, 2.24) is 15.0 Å². The molecule has 1 aliphatic heterocycles. The summed E-state index contributed by atoms with van der Waals surface area (Å²) in [5.74, 6) is 0.184. The minimum absolute atomic E-state index is 0.0120. The Bertz CT molecular complexity index is 836. The molecule has 1 amide bonds. The van der Waals surface area contributed by atoms with Crippen molar-refractivity contribution < 1.29 is 4.79 Å². The second kappa shape index (κ2) is 10.2. The molecule has 29 heavy (non-hydrogen) atoms. The molecule has 8 heteroatoms. The largest absolute Gasteiger partial charge is 0.369 e. The fourth-order valence-corrected chi connectivity index (χ4v) is 4.16. The molecule has 2 heterocycles. The number of carbonyl (C=O) groups is 1. The number of hydrogen-bond acceptors (Lipinski definition) is 7. The van der Waals surface area contributed by atoms with Gasteiger partial charge in [-0.05, 0) is 41.6 Å². The van der Waals surface area contributed by atoms with Crippen molar-refractivity contribution in [3.63, 3.8) is 0 Å². The van der Waals surface area contributed by atoms with Crippen molar-refractivity contribution in [3.05, 3.63) is 30.5 Å². The van der Waals surface area contributed by atoms with Crippen LogP contribution in [0, 0.1) is 17.2 Å². The van der Waals surface area contributed by atoms with Gasteiger partial charge in [0.2, 0.25) is 5.91 Å². The highest BCUT2D eigenvalue weighted by Crippen LogP contribution is 2.33. The van der Waals surface area contributed by atoms with Crippen molar-refractivity contribution in [1.29, 1.82) is 5.26 Å². The van der Waals surface area contributed by atoms with Gasteiger partial charge in [0.05, 0.1) is 12.3 Å². The van der Waals surface area contributed by atoms with Crippen LogP contribution in [0.25, 0.3) is 11.1 Å². The number of piperazine rings is 1. The molecule has 3 rings (SSSR count). The summed E-state index contributed by atoms with van der Waals surface area (Å²) in [5, 5.41) is 19.0. The molecule has 1 aliphatic rings. The minimum atomic E-state index is -0.400. The molecule has 2 aromatic rings. The van der Waals surface area contributed by atoms with Gasteiger partial charge in [0.15, 0.2) is 0 Å². The number of amides is 1. The van der Waals surface area contributed by atoms with Crippen LogP contribution < -0.4 is 20.9 Å². The maximum Gasteiger partial charge on any atom is 0.243 e. The molecule has 1 fully saturated rings. The quantitative estimate of drug-likeness (QED) is 0.577. The highest BCUT2D eigenvalue weighted by Gasteiger charge is 2.22. The van der Waals surface area contributed by atoms with E-state index in [1.54, 1.807) is 0 Å². The molecule has 1 saturated heterocycles. The second-order valence-corrected chi connectivity index (χ2v) is 8.36. The summed E-state index contributed by atoms with van der Waals surface area (Å²) in [6, 6.07) is 10.1. The standard InChI is InChI=1S/C21H28N6OS/c1-15(2)13-19(20(28)24-8-7-22)26-21-18(14-25-29-21)16-3-5-17(6-4-16)27-11-9-23-10-12-27/h3-6,14-15,19,23,26H,8-13H2,1-2H3,(H,24,28)/t19-/m0/s1. The highest BCUT2D eigenvalue weighted by molar-refractivity contribution is 7.10. The lowest BCUT2D eigenvalue weighted by Gasteiger charge is -2.29. The fraction of sp³-hybridized carbons (Fsp3) is 0.476. The zero-order chi connectivity index (χ0) is 20.6. The molecule has 0 saturated carbocycles. The molecular weight excluding hydrogens is 384 g/mol. The zero-order valence-corrected chi connectivity index (χ0v) is 17.8. The first-order valence-electron chi connectivity index (χ1n) is 10.0. The molecule has 154 valence electrons. The van der Waals surface area contributed by atoms with Gasteiger partial charge in [0, 0.05) is 37.4 Å². The van der Waals surface area contributed by atoms with Crippen LogP contribution in [0.3, 0.4) is 0 Å². The van der Waals surface area contributed by atoms with E-state index in [0.29, 0.717) is 12.3 Å². The third-order valence-corrected chi connectivity index (χ3v) is 5.63. The minimum Gasteiger partial charge on any atom is -0.369 e. The first-order chi connectivity index (χ1) is 14.1. The molecule has 0 radical (unpaired) electrons. The summed E-state index contributed by atoms with van der Waals surface area (Å²) >= 11 is 1.35. The average Bonchev–Trinajstić information content (AvgIpc) is 3.20. The number of hydrogen-bond donors (Lipinski definition) is 3.